The van der Waals surface area contributed by atoms with Gasteiger partial charge in [0.1, 0.15) is 5.78 Å². The van der Waals surface area contributed by atoms with Crippen LogP contribution in [0.2, 0.25) is 0 Å². The summed E-state index contributed by atoms with van der Waals surface area (Å²) in [6, 6.07) is 0. The number of carboxylic acid groups (broad SMARTS) is 1. The first kappa shape index (κ1) is 22.3. The zero-order valence-electron chi connectivity index (χ0n) is 15.8. The molecule has 0 heterocycles. The molecular weight excluding hydrogens is 332 g/mol. The number of allylic oxidation sites excluding steroid dienone is 3. The first-order valence-electron chi connectivity index (χ1n) is 9.41. The molecule has 0 aliphatic heterocycles. The summed E-state index contributed by atoms with van der Waals surface area (Å²) in [5.41, 5.74) is -0.931. The number of ketones is 1. The fourth-order valence-corrected chi connectivity index (χ4v) is 3.16. The highest BCUT2D eigenvalue weighted by atomic mass is 16.4. The highest BCUT2D eigenvalue weighted by Crippen LogP contribution is 2.33. The zero-order valence-corrected chi connectivity index (χ0v) is 15.8. The van der Waals surface area contributed by atoms with E-state index in [1.807, 2.05) is 37.3 Å². The second-order valence-corrected chi connectivity index (χ2v) is 7.21. The smallest absolute Gasteiger partial charge is 0.303 e. The summed E-state index contributed by atoms with van der Waals surface area (Å²) in [5.74, 6) is -1.24. The van der Waals surface area contributed by atoms with Crippen LogP contribution in [0.1, 0.15) is 58.8 Å². The molecule has 0 aromatic carbocycles. The minimum absolute atomic E-state index is 0.0555. The van der Waals surface area contributed by atoms with Gasteiger partial charge in [0, 0.05) is 24.7 Å². The Balaban J connectivity index is 2.57. The summed E-state index contributed by atoms with van der Waals surface area (Å²) in [4.78, 5) is 22.6. The Labute approximate surface area is 156 Å². The molecule has 5 heteroatoms. The average Bonchev–Trinajstić information content (AvgIpc) is 2.82. The molecule has 0 bridgehead atoms. The predicted octanol–water partition coefficient (Wildman–Crippen LogP) is 3.42. The number of unbranched alkanes of at least 4 members (excludes halogenated alkanes) is 1. The molecule has 0 amide bonds. The standard InChI is InChI=1S/C21H32O5/c1-3-4-13-21(2,26)14-9-11-17-16(18(22)15-19(17)23)10-7-5-6-8-12-20(24)25/h4-5,7,9,11,13,16-17,19,23,26H,3,6,8,10,12,14-15H2,1-2H3,(H,24,25)/b7-5-,11-9+,13-4+/t16-,17-,19-,21?/m1/s1. The number of hydrogen-bond acceptors (Lipinski definition) is 4. The van der Waals surface area contributed by atoms with E-state index >= 15 is 0 Å². The van der Waals surface area contributed by atoms with Crippen LogP contribution in [0.15, 0.2) is 36.5 Å². The van der Waals surface area contributed by atoms with Gasteiger partial charge < -0.3 is 15.3 Å². The number of carboxylic acids is 1. The molecule has 146 valence electrons. The van der Waals surface area contributed by atoms with Crippen molar-refractivity contribution in [1.29, 1.82) is 0 Å². The summed E-state index contributed by atoms with van der Waals surface area (Å²) < 4.78 is 0. The lowest BCUT2D eigenvalue weighted by atomic mass is 9.89. The second-order valence-electron chi connectivity index (χ2n) is 7.21. The maximum atomic E-state index is 12.1. The highest BCUT2D eigenvalue weighted by molar-refractivity contribution is 5.84. The maximum Gasteiger partial charge on any atom is 0.303 e. The van der Waals surface area contributed by atoms with Crippen LogP contribution in [0, 0.1) is 11.8 Å². The Morgan fingerprint density at radius 1 is 1.27 bits per heavy atom. The van der Waals surface area contributed by atoms with E-state index in [1.165, 1.54) is 0 Å². The van der Waals surface area contributed by atoms with Crippen LogP contribution in [0.25, 0.3) is 0 Å². The van der Waals surface area contributed by atoms with Crippen molar-refractivity contribution in [3.63, 3.8) is 0 Å². The molecule has 26 heavy (non-hydrogen) atoms. The Kier molecular flexibility index (Phi) is 9.52. The zero-order chi connectivity index (χ0) is 19.6. The topological polar surface area (TPSA) is 94.8 Å². The summed E-state index contributed by atoms with van der Waals surface area (Å²) in [5, 5.41) is 29.0. The molecule has 1 rings (SSSR count). The number of aliphatic hydroxyl groups is 2. The molecule has 1 unspecified atom stereocenters. The van der Waals surface area contributed by atoms with Crippen LogP contribution in [0.5, 0.6) is 0 Å². The Morgan fingerprint density at radius 3 is 2.65 bits per heavy atom. The van der Waals surface area contributed by atoms with Gasteiger partial charge in [-0.1, -0.05) is 43.4 Å². The minimum Gasteiger partial charge on any atom is -0.481 e. The third-order valence-corrected chi connectivity index (χ3v) is 4.65. The van der Waals surface area contributed by atoms with Crippen molar-refractivity contribution in [2.45, 2.75) is 70.5 Å². The lowest BCUT2D eigenvalue weighted by molar-refractivity contribution is -0.137. The number of hydrogen-bond donors (Lipinski definition) is 3. The Hall–Kier alpha value is -1.72. The van der Waals surface area contributed by atoms with Crippen molar-refractivity contribution < 1.29 is 24.9 Å². The van der Waals surface area contributed by atoms with Gasteiger partial charge in [-0.3, -0.25) is 9.59 Å². The Morgan fingerprint density at radius 2 is 2.00 bits per heavy atom. The molecule has 0 aromatic rings. The quantitative estimate of drug-likeness (QED) is 0.386. The number of aliphatic carboxylic acids is 1. The second kappa shape index (κ2) is 11.1. The minimum atomic E-state index is -0.931. The normalized spacial score (nSPS) is 26.3. The fraction of sp³-hybridized carbons (Fsp3) is 0.619. The largest absolute Gasteiger partial charge is 0.481 e. The molecule has 1 saturated carbocycles. The van der Waals surface area contributed by atoms with Crippen LogP contribution in [-0.4, -0.2) is 38.8 Å². The summed E-state index contributed by atoms with van der Waals surface area (Å²) in [6.45, 7) is 3.74. The SMILES string of the molecule is CC/C=C/C(C)(O)C/C=C/[C@H]1[C@H](O)CC(=O)[C@@H]1C/C=C\CCCC(=O)O. The van der Waals surface area contributed by atoms with E-state index in [0.29, 0.717) is 25.7 Å². The van der Waals surface area contributed by atoms with Crippen LogP contribution >= 0.6 is 0 Å². The van der Waals surface area contributed by atoms with Gasteiger partial charge in [0.05, 0.1) is 11.7 Å². The van der Waals surface area contributed by atoms with Crippen LogP contribution in [-0.2, 0) is 9.59 Å². The third kappa shape index (κ3) is 8.11. The van der Waals surface area contributed by atoms with Gasteiger partial charge >= 0.3 is 5.97 Å². The number of carbonyl (C=O) groups is 2. The molecule has 4 atom stereocenters. The van der Waals surface area contributed by atoms with Crippen molar-refractivity contribution in [3.05, 3.63) is 36.5 Å². The van der Waals surface area contributed by atoms with Crippen molar-refractivity contribution in [2.75, 3.05) is 0 Å². The summed E-state index contributed by atoms with van der Waals surface area (Å²) in [7, 11) is 0. The summed E-state index contributed by atoms with van der Waals surface area (Å²) >= 11 is 0. The molecule has 0 saturated heterocycles. The molecule has 1 aliphatic rings. The third-order valence-electron chi connectivity index (χ3n) is 4.65. The molecule has 3 N–H and O–H groups in total. The molecule has 1 aliphatic carbocycles. The van der Waals surface area contributed by atoms with E-state index in [1.54, 1.807) is 13.0 Å². The lowest BCUT2D eigenvalue weighted by Gasteiger charge is -2.19. The summed E-state index contributed by atoms with van der Waals surface area (Å²) in [6.07, 6.45) is 13.9. The maximum absolute atomic E-state index is 12.1. The first-order valence-corrected chi connectivity index (χ1v) is 9.41. The Bertz CT molecular complexity index is 545. The monoisotopic (exact) mass is 364 g/mol. The van der Waals surface area contributed by atoms with E-state index in [4.69, 9.17) is 5.11 Å². The lowest BCUT2D eigenvalue weighted by Crippen LogP contribution is -2.21. The van der Waals surface area contributed by atoms with Crippen molar-refractivity contribution in [2.24, 2.45) is 11.8 Å². The van der Waals surface area contributed by atoms with Gasteiger partial charge in [0.25, 0.3) is 0 Å². The van der Waals surface area contributed by atoms with Gasteiger partial charge in [0.2, 0.25) is 0 Å². The molecule has 1 fully saturated rings. The molecule has 0 radical (unpaired) electrons. The van der Waals surface area contributed by atoms with Crippen molar-refractivity contribution >= 4 is 11.8 Å². The highest BCUT2D eigenvalue weighted by Gasteiger charge is 2.39. The number of rotatable bonds is 11. The number of aliphatic hydroxyl groups excluding tert-OH is 1. The van der Waals surface area contributed by atoms with Gasteiger partial charge in [-0.15, -0.1) is 0 Å². The fourth-order valence-electron chi connectivity index (χ4n) is 3.16. The van der Waals surface area contributed by atoms with Crippen LogP contribution < -0.4 is 0 Å². The van der Waals surface area contributed by atoms with Gasteiger partial charge in [-0.2, -0.15) is 0 Å². The van der Waals surface area contributed by atoms with E-state index < -0.39 is 17.7 Å². The van der Waals surface area contributed by atoms with E-state index in [9.17, 15) is 19.8 Å². The average molecular weight is 364 g/mol. The first-order chi connectivity index (χ1) is 12.3. The van der Waals surface area contributed by atoms with Gasteiger partial charge in [-0.25, -0.2) is 0 Å². The molecule has 0 aromatic heterocycles. The number of Topliss-reactive ketones (excluding diaryl/α,β-unsaturated/α-hetero) is 1. The van der Waals surface area contributed by atoms with E-state index in [0.717, 1.165) is 6.42 Å². The van der Waals surface area contributed by atoms with Gasteiger partial charge in [-0.05, 0) is 39.0 Å². The number of carbonyl (C=O) groups excluding carboxylic acids is 1. The van der Waals surface area contributed by atoms with Crippen molar-refractivity contribution in [1.82, 2.24) is 0 Å². The van der Waals surface area contributed by atoms with Crippen molar-refractivity contribution in [3.8, 4) is 0 Å². The van der Waals surface area contributed by atoms with Crippen LogP contribution in [0.4, 0.5) is 0 Å². The van der Waals surface area contributed by atoms with Gasteiger partial charge in [0.15, 0.2) is 0 Å². The predicted molar refractivity (Wildman–Crippen MR) is 102 cm³/mol. The van der Waals surface area contributed by atoms with E-state index in [-0.39, 0.29) is 30.5 Å². The van der Waals surface area contributed by atoms with E-state index in [2.05, 4.69) is 0 Å². The molecule has 5 nitrogen and oxygen atoms in total. The molecule has 0 spiro atoms. The van der Waals surface area contributed by atoms with Crippen LogP contribution in [0.3, 0.4) is 0 Å². The molecular formula is C21H32O5.